The first-order valence-corrected chi connectivity index (χ1v) is 5.67. The molecule has 0 aliphatic heterocycles. The molecule has 0 saturated carbocycles. The minimum atomic E-state index is 0.190. The molecule has 1 rings (SSSR count). The van der Waals surface area contributed by atoms with E-state index in [2.05, 4.69) is 40.3 Å². The van der Waals surface area contributed by atoms with Crippen LogP contribution in [0.1, 0.15) is 40.5 Å². The summed E-state index contributed by atoms with van der Waals surface area (Å²) in [5, 5.41) is 0. The molecule has 15 heavy (non-hydrogen) atoms. The van der Waals surface area contributed by atoms with Crippen molar-refractivity contribution in [2.45, 2.75) is 40.5 Å². The molecular weight excluding hydrogens is 184 g/mol. The lowest BCUT2D eigenvalue weighted by atomic mass is 9.64. The molecule has 0 heterocycles. The van der Waals surface area contributed by atoms with Crippen LogP contribution in [0.5, 0.6) is 0 Å². The van der Waals surface area contributed by atoms with Crippen molar-refractivity contribution < 1.29 is 4.79 Å². The number of hydrogen-bond donors (Lipinski definition) is 0. The summed E-state index contributed by atoms with van der Waals surface area (Å²) in [5.74, 6) is 0.934. The van der Waals surface area contributed by atoms with E-state index in [0.717, 1.165) is 12.7 Å². The topological polar surface area (TPSA) is 17.1 Å². The Morgan fingerprint density at radius 2 is 2.27 bits per heavy atom. The lowest BCUT2D eigenvalue weighted by Crippen LogP contribution is -2.30. The van der Waals surface area contributed by atoms with E-state index < -0.39 is 0 Å². The van der Waals surface area contributed by atoms with Gasteiger partial charge in [0.1, 0.15) is 6.29 Å². The summed E-state index contributed by atoms with van der Waals surface area (Å²) in [6.45, 7) is 12.8. The predicted molar refractivity (Wildman–Crippen MR) is 64.6 cm³/mol. The van der Waals surface area contributed by atoms with Crippen LogP contribution in [0.4, 0.5) is 0 Å². The molecular formula is C14H22O. The van der Waals surface area contributed by atoms with E-state index in [1.807, 2.05) is 0 Å². The Hall–Kier alpha value is -0.850. The molecule has 0 radical (unpaired) electrons. The van der Waals surface area contributed by atoms with Gasteiger partial charge in [-0.1, -0.05) is 37.6 Å². The van der Waals surface area contributed by atoms with Gasteiger partial charge in [0.05, 0.1) is 0 Å². The van der Waals surface area contributed by atoms with E-state index in [-0.39, 0.29) is 5.41 Å². The maximum atomic E-state index is 10.6. The van der Waals surface area contributed by atoms with Gasteiger partial charge in [0.25, 0.3) is 0 Å². The fourth-order valence-electron chi connectivity index (χ4n) is 2.81. The largest absolute Gasteiger partial charge is 0.303 e. The molecule has 0 unspecified atom stereocenters. The summed E-state index contributed by atoms with van der Waals surface area (Å²) in [7, 11) is 0. The number of allylic oxidation sites excluding steroid dienone is 3. The van der Waals surface area contributed by atoms with Crippen LogP contribution in [0.25, 0.3) is 0 Å². The highest BCUT2D eigenvalue weighted by atomic mass is 16.1. The summed E-state index contributed by atoms with van der Waals surface area (Å²) in [6, 6.07) is 0. The quantitative estimate of drug-likeness (QED) is 0.507. The third-order valence-corrected chi connectivity index (χ3v) is 3.64. The molecule has 2 atom stereocenters. The number of carbonyl (C=O) groups excluding carboxylic acids is 1. The second-order valence-electron chi connectivity index (χ2n) is 5.44. The van der Waals surface area contributed by atoms with Gasteiger partial charge in [0.15, 0.2) is 0 Å². The second kappa shape index (κ2) is 4.34. The van der Waals surface area contributed by atoms with Crippen LogP contribution in [-0.2, 0) is 4.79 Å². The molecule has 0 N–H and O–H groups in total. The molecule has 1 aliphatic rings. The second-order valence-corrected chi connectivity index (χ2v) is 5.44. The van der Waals surface area contributed by atoms with Gasteiger partial charge in [-0.25, -0.2) is 0 Å². The highest BCUT2D eigenvalue weighted by Crippen LogP contribution is 2.45. The Balaban J connectivity index is 2.96. The Kier molecular flexibility index (Phi) is 3.54. The van der Waals surface area contributed by atoms with Crippen LogP contribution in [-0.4, -0.2) is 6.29 Å². The van der Waals surface area contributed by atoms with Crippen LogP contribution in [0.15, 0.2) is 23.8 Å². The van der Waals surface area contributed by atoms with Gasteiger partial charge in [0.2, 0.25) is 0 Å². The monoisotopic (exact) mass is 206 g/mol. The number of hydrogen-bond acceptors (Lipinski definition) is 1. The molecule has 1 nitrogen and oxygen atoms in total. The molecule has 0 saturated heterocycles. The van der Waals surface area contributed by atoms with Crippen molar-refractivity contribution in [2.24, 2.45) is 17.3 Å². The Morgan fingerprint density at radius 1 is 1.67 bits per heavy atom. The lowest BCUT2D eigenvalue weighted by Gasteiger charge is -2.40. The van der Waals surface area contributed by atoms with E-state index in [1.165, 1.54) is 11.1 Å². The highest BCUT2D eigenvalue weighted by molar-refractivity contribution is 5.51. The van der Waals surface area contributed by atoms with E-state index in [9.17, 15) is 4.79 Å². The smallest absolute Gasteiger partial charge is 0.120 e. The van der Waals surface area contributed by atoms with Crippen LogP contribution >= 0.6 is 0 Å². The Morgan fingerprint density at radius 3 is 2.73 bits per heavy atom. The molecule has 0 bridgehead atoms. The minimum Gasteiger partial charge on any atom is -0.303 e. The molecule has 0 amide bonds. The standard InChI is InChI=1S/C14H22O/c1-10(2)13-8-12(6-7-15)11(3)9-14(13,4)5/h7,9,12-13H,1,6,8H2,2-5H3/t12-,13-/m0/s1. The molecule has 0 aromatic rings. The van der Waals surface area contributed by atoms with Crippen molar-refractivity contribution in [3.8, 4) is 0 Å². The van der Waals surface area contributed by atoms with Crippen LogP contribution in [0.2, 0.25) is 0 Å². The molecule has 0 spiro atoms. The van der Waals surface area contributed by atoms with E-state index in [0.29, 0.717) is 18.3 Å². The number of rotatable bonds is 3. The fraction of sp³-hybridized carbons (Fsp3) is 0.643. The van der Waals surface area contributed by atoms with Gasteiger partial charge in [-0.05, 0) is 37.5 Å². The molecule has 0 fully saturated rings. The van der Waals surface area contributed by atoms with Crippen LogP contribution in [0, 0.1) is 17.3 Å². The molecule has 1 aliphatic carbocycles. The summed E-state index contributed by atoms with van der Waals surface area (Å²) in [6.07, 6.45) is 5.09. The Labute approximate surface area is 93.3 Å². The van der Waals surface area contributed by atoms with Gasteiger partial charge in [0, 0.05) is 6.42 Å². The first-order valence-electron chi connectivity index (χ1n) is 5.67. The summed E-state index contributed by atoms with van der Waals surface area (Å²) in [5.41, 5.74) is 2.79. The van der Waals surface area contributed by atoms with Gasteiger partial charge in [-0.15, -0.1) is 0 Å². The normalized spacial score (nSPS) is 29.5. The molecule has 1 heteroatoms. The van der Waals surface area contributed by atoms with Crippen molar-refractivity contribution in [3.05, 3.63) is 23.8 Å². The summed E-state index contributed by atoms with van der Waals surface area (Å²) >= 11 is 0. The zero-order valence-electron chi connectivity index (χ0n) is 10.3. The van der Waals surface area contributed by atoms with Crippen molar-refractivity contribution in [3.63, 3.8) is 0 Å². The van der Waals surface area contributed by atoms with Gasteiger partial charge >= 0.3 is 0 Å². The van der Waals surface area contributed by atoms with Gasteiger partial charge in [-0.2, -0.15) is 0 Å². The lowest BCUT2D eigenvalue weighted by molar-refractivity contribution is -0.108. The predicted octanol–water partition coefficient (Wildman–Crippen LogP) is 3.76. The van der Waals surface area contributed by atoms with Crippen molar-refractivity contribution >= 4 is 6.29 Å². The maximum absolute atomic E-state index is 10.6. The Bertz CT molecular complexity index is 296. The first kappa shape index (κ1) is 12.2. The van der Waals surface area contributed by atoms with Crippen molar-refractivity contribution in [1.82, 2.24) is 0 Å². The third-order valence-electron chi connectivity index (χ3n) is 3.64. The van der Waals surface area contributed by atoms with Crippen LogP contribution < -0.4 is 0 Å². The SMILES string of the molecule is C=C(C)[C@@H]1C[C@H](CC=O)C(C)=CC1(C)C. The summed E-state index contributed by atoms with van der Waals surface area (Å²) < 4.78 is 0. The van der Waals surface area contributed by atoms with E-state index in [4.69, 9.17) is 0 Å². The third kappa shape index (κ3) is 2.58. The molecule has 0 aromatic heterocycles. The minimum absolute atomic E-state index is 0.190. The van der Waals surface area contributed by atoms with Crippen LogP contribution in [0.3, 0.4) is 0 Å². The maximum Gasteiger partial charge on any atom is 0.120 e. The first-order chi connectivity index (χ1) is 6.88. The fourth-order valence-corrected chi connectivity index (χ4v) is 2.81. The number of aldehydes is 1. The average Bonchev–Trinajstić information content (AvgIpc) is 2.08. The summed E-state index contributed by atoms with van der Waals surface area (Å²) in [4.78, 5) is 10.6. The molecule has 84 valence electrons. The van der Waals surface area contributed by atoms with Crippen molar-refractivity contribution in [1.29, 1.82) is 0 Å². The molecule has 0 aromatic carbocycles. The zero-order valence-corrected chi connectivity index (χ0v) is 10.3. The van der Waals surface area contributed by atoms with Gasteiger partial charge < -0.3 is 4.79 Å². The van der Waals surface area contributed by atoms with E-state index in [1.54, 1.807) is 0 Å². The van der Waals surface area contributed by atoms with Gasteiger partial charge in [-0.3, -0.25) is 0 Å². The highest BCUT2D eigenvalue weighted by Gasteiger charge is 2.35. The number of carbonyl (C=O) groups is 1. The average molecular weight is 206 g/mol. The van der Waals surface area contributed by atoms with Crippen molar-refractivity contribution in [2.75, 3.05) is 0 Å². The van der Waals surface area contributed by atoms with E-state index >= 15 is 0 Å². The zero-order chi connectivity index (χ0) is 11.6.